The Kier molecular flexibility index (Phi) is 7.35. The second-order valence-electron chi connectivity index (χ2n) is 7.03. The van der Waals surface area contributed by atoms with Crippen molar-refractivity contribution >= 4 is 5.78 Å². The quantitative estimate of drug-likeness (QED) is 0.668. The van der Waals surface area contributed by atoms with Gasteiger partial charge in [-0.3, -0.25) is 14.6 Å². The summed E-state index contributed by atoms with van der Waals surface area (Å²) in [5, 5.41) is 8.95. The topological polar surface area (TPSA) is 61.6 Å². The van der Waals surface area contributed by atoms with E-state index in [1.54, 1.807) is 13.1 Å². The van der Waals surface area contributed by atoms with Gasteiger partial charge in [0.15, 0.2) is 5.78 Å². The molecular weight excluding hydrogens is 316 g/mol. The molecule has 1 unspecified atom stereocenters. The summed E-state index contributed by atoms with van der Waals surface area (Å²) in [4.78, 5) is 19.8. The number of rotatable bonds is 4. The second kappa shape index (κ2) is 9.27. The normalized spacial score (nSPS) is 21.4. The van der Waals surface area contributed by atoms with Gasteiger partial charge in [-0.1, -0.05) is 12.2 Å². The fourth-order valence-electron chi connectivity index (χ4n) is 3.60. The van der Waals surface area contributed by atoms with E-state index in [1.165, 1.54) is 19.4 Å². The van der Waals surface area contributed by atoms with Crippen LogP contribution in [0, 0.1) is 0 Å². The largest absolute Gasteiger partial charge is 0.381 e. The van der Waals surface area contributed by atoms with Crippen molar-refractivity contribution in [3.8, 4) is 0 Å². The minimum atomic E-state index is 0.0428. The number of carbonyl (C=O) groups is 1. The molecule has 1 N–H and O–H groups in total. The van der Waals surface area contributed by atoms with Gasteiger partial charge in [0.25, 0.3) is 0 Å². The van der Waals surface area contributed by atoms with Crippen LogP contribution in [0.1, 0.15) is 56.8 Å². The molecule has 0 amide bonds. The first-order valence-corrected chi connectivity index (χ1v) is 9.25. The Labute approximate surface area is 151 Å². The zero-order chi connectivity index (χ0) is 18.4. The third kappa shape index (κ3) is 5.00. The van der Waals surface area contributed by atoms with Crippen molar-refractivity contribution in [3.05, 3.63) is 29.9 Å². The third-order valence-corrected chi connectivity index (χ3v) is 4.92. The summed E-state index contributed by atoms with van der Waals surface area (Å²) in [5.41, 5.74) is 0.664. The summed E-state index contributed by atoms with van der Waals surface area (Å²) in [6, 6.07) is 1.43. The van der Waals surface area contributed by atoms with Gasteiger partial charge in [-0.05, 0) is 40.2 Å². The fraction of sp³-hybridized carbons (Fsp3) is 0.684. The van der Waals surface area contributed by atoms with E-state index in [4.69, 9.17) is 5.11 Å². The summed E-state index contributed by atoms with van der Waals surface area (Å²) in [6.45, 7) is 11.6. The van der Waals surface area contributed by atoms with E-state index in [-0.39, 0.29) is 12.5 Å². The van der Waals surface area contributed by atoms with Crippen molar-refractivity contribution in [1.82, 2.24) is 19.4 Å². The van der Waals surface area contributed by atoms with Gasteiger partial charge in [0.2, 0.25) is 0 Å². The lowest BCUT2D eigenvalue weighted by molar-refractivity contribution is 0.0803. The smallest absolute Gasteiger partial charge is 0.177 e. The predicted octanol–water partition coefficient (Wildman–Crippen LogP) is 2.29. The number of Topliss-reactive ketones (excluding diaryl/α,β-unsaturated/α-hetero) is 1. The highest BCUT2D eigenvalue weighted by molar-refractivity contribution is 5.92. The van der Waals surface area contributed by atoms with Crippen LogP contribution >= 0.6 is 0 Å². The Bertz CT molecular complexity index is 594. The number of hydrogen-bond donors (Lipinski definition) is 1. The number of fused-ring (bicyclic) bond motifs is 1. The lowest BCUT2D eigenvalue weighted by atomic mass is 10.2. The summed E-state index contributed by atoms with van der Waals surface area (Å²) >= 11 is 0. The summed E-state index contributed by atoms with van der Waals surface area (Å²) < 4.78 is 1.93. The predicted molar refractivity (Wildman–Crippen MR) is 99.4 cm³/mol. The molecule has 140 valence electrons. The lowest BCUT2D eigenvalue weighted by Gasteiger charge is -2.26. The molecule has 3 rings (SSSR count). The Morgan fingerprint density at radius 1 is 1.40 bits per heavy atom. The molecule has 1 aromatic rings. The SMILES string of the molecule is C/C=C/C1CCCN1C(C)C.CC(=O)c1cnc2n1CCN(CO)C2. The molecule has 25 heavy (non-hydrogen) atoms. The van der Waals surface area contributed by atoms with Gasteiger partial charge in [0.1, 0.15) is 11.5 Å². The molecule has 6 heteroatoms. The number of ketones is 1. The van der Waals surface area contributed by atoms with Crippen LogP contribution in [0.5, 0.6) is 0 Å². The van der Waals surface area contributed by atoms with Gasteiger partial charge in [0, 0.05) is 32.1 Å². The van der Waals surface area contributed by atoms with Crippen molar-refractivity contribution in [2.45, 2.75) is 65.7 Å². The number of aromatic nitrogens is 2. The van der Waals surface area contributed by atoms with Crippen LogP contribution in [0.15, 0.2) is 18.3 Å². The Balaban J connectivity index is 0.000000186. The van der Waals surface area contributed by atoms with Crippen molar-refractivity contribution in [2.24, 2.45) is 0 Å². The monoisotopic (exact) mass is 348 g/mol. The van der Waals surface area contributed by atoms with E-state index in [0.717, 1.165) is 25.0 Å². The standard InChI is InChI=1S/C10H19N.C9H13N3O2/c1-4-6-10-7-5-8-11(10)9(2)3;1-7(14)8-4-10-9-5-11(6-13)2-3-12(8)9/h4,6,9-10H,5,7-8H2,1-3H3;4,13H,2-3,5-6H2,1H3/b6-4+;. The molecule has 0 bridgehead atoms. The number of nitrogens with zero attached hydrogens (tertiary/aromatic N) is 4. The number of carbonyl (C=O) groups excluding carboxylic acids is 1. The first kappa shape index (κ1) is 19.8. The van der Waals surface area contributed by atoms with E-state index in [2.05, 4.69) is 42.8 Å². The van der Waals surface area contributed by atoms with E-state index < -0.39 is 0 Å². The average molecular weight is 348 g/mol. The van der Waals surface area contributed by atoms with Gasteiger partial charge in [-0.25, -0.2) is 4.98 Å². The maximum atomic E-state index is 11.2. The fourth-order valence-corrected chi connectivity index (χ4v) is 3.60. The number of aliphatic hydroxyl groups is 1. The van der Waals surface area contributed by atoms with Crippen LogP contribution in [0.2, 0.25) is 0 Å². The van der Waals surface area contributed by atoms with E-state index in [9.17, 15) is 4.79 Å². The molecule has 1 atom stereocenters. The van der Waals surface area contributed by atoms with Crippen molar-refractivity contribution < 1.29 is 9.90 Å². The molecule has 6 nitrogen and oxygen atoms in total. The van der Waals surface area contributed by atoms with Crippen LogP contribution in [0.25, 0.3) is 0 Å². The molecule has 0 radical (unpaired) electrons. The minimum absolute atomic E-state index is 0.0428. The molecular formula is C19H32N4O2. The average Bonchev–Trinajstić information content (AvgIpc) is 3.21. The van der Waals surface area contributed by atoms with Crippen LogP contribution in [0.4, 0.5) is 0 Å². The molecule has 0 spiro atoms. The first-order valence-electron chi connectivity index (χ1n) is 9.25. The molecule has 3 heterocycles. The van der Waals surface area contributed by atoms with Crippen molar-refractivity contribution in [2.75, 3.05) is 19.8 Å². The van der Waals surface area contributed by atoms with Crippen LogP contribution in [0.3, 0.4) is 0 Å². The molecule has 1 aromatic heterocycles. The van der Waals surface area contributed by atoms with Gasteiger partial charge < -0.3 is 9.67 Å². The molecule has 0 aromatic carbocycles. The molecule has 2 aliphatic rings. The highest BCUT2D eigenvalue weighted by Crippen LogP contribution is 2.20. The second-order valence-corrected chi connectivity index (χ2v) is 7.03. The van der Waals surface area contributed by atoms with Gasteiger partial charge in [0.05, 0.1) is 19.5 Å². The highest BCUT2D eigenvalue weighted by atomic mass is 16.3. The Hall–Kier alpha value is -1.50. The van der Waals surface area contributed by atoms with Crippen LogP contribution in [-0.4, -0.2) is 62.1 Å². The number of likely N-dealkylation sites (tertiary alicyclic amines) is 1. The molecule has 1 fully saturated rings. The van der Waals surface area contributed by atoms with Gasteiger partial charge in [-0.15, -0.1) is 0 Å². The Morgan fingerprint density at radius 3 is 2.76 bits per heavy atom. The highest BCUT2D eigenvalue weighted by Gasteiger charge is 2.23. The summed E-state index contributed by atoms with van der Waals surface area (Å²) in [6.07, 6.45) is 8.83. The lowest BCUT2D eigenvalue weighted by Crippen LogP contribution is -2.35. The molecule has 0 saturated carbocycles. The molecule has 2 aliphatic heterocycles. The number of imidazole rings is 1. The number of allylic oxidation sites excluding steroid dienone is 1. The number of hydrogen-bond acceptors (Lipinski definition) is 5. The van der Waals surface area contributed by atoms with E-state index >= 15 is 0 Å². The molecule has 1 saturated heterocycles. The van der Waals surface area contributed by atoms with Crippen LogP contribution < -0.4 is 0 Å². The zero-order valence-electron chi connectivity index (χ0n) is 16.0. The van der Waals surface area contributed by atoms with Crippen molar-refractivity contribution in [3.63, 3.8) is 0 Å². The van der Waals surface area contributed by atoms with Crippen LogP contribution in [-0.2, 0) is 13.1 Å². The van der Waals surface area contributed by atoms with E-state index in [1.807, 2.05) is 9.47 Å². The maximum absolute atomic E-state index is 11.2. The van der Waals surface area contributed by atoms with Gasteiger partial charge in [-0.2, -0.15) is 0 Å². The van der Waals surface area contributed by atoms with E-state index in [0.29, 0.717) is 18.3 Å². The Morgan fingerprint density at radius 2 is 2.16 bits per heavy atom. The number of aliphatic hydroxyl groups excluding tert-OH is 1. The van der Waals surface area contributed by atoms with Crippen molar-refractivity contribution in [1.29, 1.82) is 0 Å². The first-order chi connectivity index (χ1) is 12.0. The third-order valence-electron chi connectivity index (χ3n) is 4.92. The minimum Gasteiger partial charge on any atom is -0.381 e. The molecule has 0 aliphatic carbocycles. The maximum Gasteiger partial charge on any atom is 0.177 e. The summed E-state index contributed by atoms with van der Waals surface area (Å²) in [7, 11) is 0. The summed E-state index contributed by atoms with van der Waals surface area (Å²) in [5.74, 6) is 0.900. The zero-order valence-corrected chi connectivity index (χ0v) is 16.0. The van der Waals surface area contributed by atoms with Gasteiger partial charge >= 0.3 is 0 Å².